The smallest absolute Gasteiger partial charge is 0.295 e. The average molecular weight is 355 g/mol. The summed E-state index contributed by atoms with van der Waals surface area (Å²) >= 11 is 0. The molecule has 0 fully saturated rings. The highest BCUT2D eigenvalue weighted by molar-refractivity contribution is 7.86. The van der Waals surface area contributed by atoms with Crippen molar-refractivity contribution in [2.45, 2.75) is 83.5 Å². The predicted octanol–water partition coefficient (Wildman–Crippen LogP) is 4.64. The first kappa shape index (κ1) is 20.8. The summed E-state index contributed by atoms with van der Waals surface area (Å²) < 4.78 is 34.4. The Bertz CT molecular complexity index is 753. The summed E-state index contributed by atoms with van der Waals surface area (Å²) in [7, 11) is -4.48. The van der Waals surface area contributed by atoms with Crippen LogP contribution in [-0.2, 0) is 26.4 Å². The zero-order valence-electron chi connectivity index (χ0n) is 16.2. The number of carbonyl (C=O) groups excluding carboxylic acids is 1. The summed E-state index contributed by atoms with van der Waals surface area (Å²) in [6.45, 7) is 17.2. The number of carbonyl (C=O) groups is 1. The average Bonchev–Trinajstić information content (AvgIpc) is 2.31. The largest absolute Gasteiger partial charge is 0.298 e. The van der Waals surface area contributed by atoms with Gasteiger partial charge in [0.25, 0.3) is 10.1 Å². The van der Waals surface area contributed by atoms with E-state index in [1.54, 1.807) is 6.07 Å². The third-order valence-corrected chi connectivity index (χ3v) is 5.00. The van der Waals surface area contributed by atoms with Gasteiger partial charge in [-0.1, -0.05) is 68.4 Å². The number of benzene rings is 1. The zero-order valence-corrected chi connectivity index (χ0v) is 17.1. The lowest BCUT2D eigenvalue weighted by molar-refractivity contribution is 0.111. The maximum absolute atomic E-state index is 12.2. The van der Waals surface area contributed by atoms with E-state index in [2.05, 4.69) is 0 Å². The topological polar surface area (TPSA) is 71.4 Å². The summed E-state index contributed by atoms with van der Waals surface area (Å²) in [5.74, 6) is 0. The summed E-state index contributed by atoms with van der Waals surface area (Å²) in [6, 6.07) is 1.77. The fraction of sp³-hybridized carbons (Fsp3) is 0.632. The molecule has 136 valence electrons. The minimum Gasteiger partial charge on any atom is -0.298 e. The second-order valence-electron chi connectivity index (χ2n) is 9.43. The first-order chi connectivity index (χ1) is 10.4. The molecule has 1 aromatic carbocycles. The Labute approximate surface area is 146 Å². The van der Waals surface area contributed by atoms with Gasteiger partial charge >= 0.3 is 0 Å². The molecule has 4 nitrogen and oxygen atoms in total. The standard InChI is InChI=1S/C19H30O4S/c1-17(2,3)13-10-14(18(4,5)6)16(24(21,22)23)15(12(13)11-20)19(7,8)9/h10-11H,1-9H3,(H,21,22,23). The van der Waals surface area contributed by atoms with Crippen molar-refractivity contribution in [1.29, 1.82) is 0 Å². The van der Waals surface area contributed by atoms with Gasteiger partial charge in [0.1, 0.15) is 4.90 Å². The molecule has 0 amide bonds. The normalized spacial score (nSPS) is 13.9. The van der Waals surface area contributed by atoms with E-state index in [1.165, 1.54) is 0 Å². The first-order valence-corrected chi connectivity index (χ1v) is 9.51. The number of hydrogen-bond acceptors (Lipinski definition) is 3. The minimum atomic E-state index is -4.48. The second-order valence-corrected chi connectivity index (χ2v) is 10.8. The van der Waals surface area contributed by atoms with E-state index in [9.17, 15) is 17.8 Å². The van der Waals surface area contributed by atoms with Crippen molar-refractivity contribution < 1.29 is 17.8 Å². The van der Waals surface area contributed by atoms with Gasteiger partial charge in [0.2, 0.25) is 0 Å². The van der Waals surface area contributed by atoms with Gasteiger partial charge in [-0.25, -0.2) is 0 Å². The maximum atomic E-state index is 12.2. The molecule has 1 aromatic rings. The minimum absolute atomic E-state index is 0.127. The van der Waals surface area contributed by atoms with Gasteiger partial charge in [0, 0.05) is 5.56 Å². The highest BCUT2D eigenvalue weighted by Gasteiger charge is 2.37. The quantitative estimate of drug-likeness (QED) is 0.620. The zero-order chi connectivity index (χ0) is 19.3. The lowest BCUT2D eigenvalue weighted by Crippen LogP contribution is -2.28. The van der Waals surface area contributed by atoms with Crippen LogP contribution < -0.4 is 0 Å². The molecular formula is C19H30O4S. The number of rotatable bonds is 2. The van der Waals surface area contributed by atoms with Crippen molar-refractivity contribution >= 4 is 16.4 Å². The Hall–Kier alpha value is -1.20. The van der Waals surface area contributed by atoms with Crippen molar-refractivity contribution in [2.24, 2.45) is 0 Å². The Balaban J connectivity index is 4.34. The SMILES string of the molecule is CC(C)(C)c1cc(C(C)(C)C)c(S(=O)(=O)O)c(C(C)(C)C)c1C=O. The van der Waals surface area contributed by atoms with Crippen molar-refractivity contribution in [3.63, 3.8) is 0 Å². The van der Waals surface area contributed by atoms with Gasteiger partial charge in [-0.2, -0.15) is 8.42 Å². The molecule has 1 rings (SSSR count). The molecule has 0 unspecified atom stereocenters. The molecule has 0 saturated heterocycles. The van der Waals surface area contributed by atoms with E-state index in [4.69, 9.17) is 0 Å². The van der Waals surface area contributed by atoms with Gasteiger partial charge in [-0.05, 0) is 32.9 Å². The highest BCUT2D eigenvalue weighted by Crippen LogP contribution is 2.42. The number of hydrogen-bond donors (Lipinski definition) is 1. The Morgan fingerprint density at radius 1 is 0.833 bits per heavy atom. The van der Waals surface area contributed by atoms with Gasteiger partial charge in [0.15, 0.2) is 6.29 Å². The number of aldehydes is 1. The summed E-state index contributed by atoms with van der Waals surface area (Å²) in [5.41, 5.74) is 0.599. The maximum Gasteiger partial charge on any atom is 0.295 e. The molecule has 0 spiro atoms. The summed E-state index contributed by atoms with van der Waals surface area (Å²) in [4.78, 5) is 11.8. The molecule has 0 aromatic heterocycles. The molecule has 5 heteroatoms. The third kappa shape index (κ3) is 4.06. The van der Waals surface area contributed by atoms with Gasteiger partial charge in [-0.3, -0.25) is 9.35 Å². The van der Waals surface area contributed by atoms with Crippen LogP contribution in [0.5, 0.6) is 0 Å². The second kappa shape index (κ2) is 5.95. The van der Waals surface area contributed by atoms with Crippen molar-refractivity contribution in [1.82, 2.24) is 0 Å². The Morgan fingerprint density at radius 3 is 1.50 bits per heavy atom. The molecular weight excluding hydrogens is 324 g/mol. The van der Waals surface area contributed by atoms with Crippen LogP contribution in [0.3, 0.4) is 0 Å². The van der Waals surface area contributed by atoms with Crippen LogP contribution in [0.15, 0.2) is 11.0 Å². The van der Waals surface area contributed by atoms with Crippen molar-refractivity contribution in [2.75, 3.05) is 0 Å². The molecule has 0 aliphatic heterocycles. The van der Waals surface area contributed by atoms with Crippen LogP contribution in [0, 0.1) is 0 Å². The molecule has 24 heavy (non-hydrogen) atoms. The van der Waals surface area contributed by atoms with E-state index >= 15 is 0 Å². The summed E-state index contributed by atoms with van der Waals surface area (Å²) in [6.07, 6.45) is 0.711. The first-order valence-electron chi connectivity index (χ1n) is 8.07. The van der Waals surface area contributed by atoms with Gasteiger partial charge < -0.3 is 0 Å². The van der Waals surface area contributed by atoms with E-state index in [1.807, 2.05) is 62.3 Å². The monoisotopic (exact) mass is 354 g/mol. The summed E-state index contributed by atoms with van der Waals surface area (Å²) in [5, 5.41) is 0. The van der Waals surface area contributed by atoms with Crippen LogP contribution in [0.25, 0.3) is 0 Å². The van der Waals surface area contributed by atoms with Crippen LogP contribution in [0.1, 0.15) is 89.4 Å². The lowest BCUT2D eigenvalue weighted by atomic mass is 9.72. The fourth-order valence-corrected chi connectivity index (χ4v) is 4.31. The predicted molar refractivity (Wildman–Crippen MR) is 97.7 cm³/mol. The molecule has 0 heterocycles. The molecule has 0 atom stereocenters. The fourth-order valence-electron chi connectivity index (χ4n) is 2.99. The van der Waals surface area contributed by atoms with Crippen molar-refractivity contribution in [3.05, 3.63) is 28.3 Å². The van der Waals surface area contributed by atoms with Crippen LogP contribution in [0.4, 0.5) is 0 Å². The molecule has 0 saturated carbocycles. The van der Waals surface area contributed by atoms with Gasteiger partial charge in [0.05, 0.1) is 0 Å². The van der Waals surface area contributed by atoms with E-state index in [0.717, 1.165) is 5.56 Å². The molecule has 0 aliphatic rings. The van der Waals surface area contributed by atoms with E-state index < -0.39 is 20.9 Å². The molecule has 0 radical (unpaired) electrons. The van der Waals surface area contributed by atoms with E-state index in [0.29, 0.717) is 23.0 Å². The molecule has 0 bridgehead atoms. The Kier molecular flexibility index (Phi) is 5.17. The van der Waals surface area contributed by atoms with Crippen LogP contribution >= 0.6 is 0 Å². The van der Waals surface area contributed by atoms with Crippen LogP contribution in [0.2, 0.25) is 0 Å². The third-order valence-electron chi connectivity index (χ3n) is 4.06. The van der Waals surface area contributed by atoms with Gasteiger partial charge in [-0.15, -0.1) is 0 Å². The van der Waals surface area contributed by atoms with Crippen molar-refractivity contribution in [3.8, 4) is 0 Å². The molecule has 0 aliphatic carbocycles. The van der Waals surface area contributed by atoms with E-state index in [-0.39, 0.29) is 10.3 Å². The lowest BCUT2D eigenvalue weighted by Gasteiger charge is -2.34. The van der Waals surface area contributed by atoms with Crippen LogP contribution in [-0.4, -0.2) is 19.3 Å². The Morgan fingerprint density at radius 2 is 1.25 bits per heavy atom. The highest BCUT2D eigenvalue weighted by atomic mass is 32.2. The molecule has 1 N–H and O–H groups in total.